The van der Waals surface area contributed by atoms with Gasteiger partial charge in [-0.25, -0.2) is 0 Å². The SMILES string of the molecule is NCC=Cc1cc(F)c([N+](=O)[O-])cc1Cl. The van der Waals surface area contributed by atoms with Crippen LogP contribution in [0.4, 0.5) is 10.1 Å². The summed E-state index contributed by atoms with van der Waals surface area (Å²) in [5.74, 6) is -0.916. The summed E-state index contributed by atoms with van der Waals surface area (Å²) in [6.45, 7) is 0.287. The van der Waals surface area contributed by atoms with E-state index in [2.05, 4.69) is 0 Å². The van der Waals surface area contributed by atoms with E-state index in [4.69, 9.17) is 17.3 Å². The van der Waals surface area contributed by atoms with Crippen LogP contribution in [0.5, 0.6) is 0 Å². The zero-order valence-electron chi connectivity index (χ0n) is 7.61. The summed E-state index contributed by atoms with van der Waals surface area (Å²) in [6, 6.07) is 1.99. The molecule has 0 saturated heterocycles. The summed E-state index contributed by atoms with van der Waals surface area (Å²) in [5.41, 5.74) is 4.94. The second-order valence-corrected chi connectivity index (χ2v) is 3.13. The third kappa shape index (κ3) is 2.74. The lowest BCUT2D eigenvalue weighted by Crippen LogP contribution is -1.95. The molecule has 80 valence electrons. The average Bonchev–Trinajstić information content (AvgIpc) is 2.18. The number of benzene rings is 1. The van der Waals surface area contributed by atoms with Crippen molar-refractivity contribution in [1.29, 1.82) is 0 Å². The molecule has 1 aromatic carbocycles. The second kappa shape index (κ2) is 4.86. The first kappa shape index (κ1) is 11.6. The van der Waals surface area contributed by atoms with Gasteiger partial charge >= 0.3 is 5.69 Å². The van der Waals surface area contributed by atoms with Gasteiger partial charge in [-0.15, -0.1) is 0 Å². The maximum Gasteiger partial charge on any atom is 0.306 e. The lowest BCUT2D eigenvalue weighted by Gasteiger charge is -1.99. The Labute approximate surface area is 90.3 Å². The van der Waals surface area contributed by atoms with Gasteiger partial charge in [0.05, 0.1) is 9.95 Å². The van der Waals surface area contributed by atoms with Crippen molar-refractivity contribution in [3.8, 4) is 0 Å². The monoisotopic (exact) mass is 230 g/mol. The maximum absolute atomic E-state index is 13.1. The Kier molecular flexibility index (Phi) is 3.76. The molecular formula is C9H8ClFN2O2. The molecule has 6 heteroatoms. The summed E-state index contributed by atoms with van der Waals surface area (Å²) < 4.78 is 13.1. The van der Waals surface area contributed by atoms with Gasteiger partial charge in [0, 0.05) is 12.6 Å². The van der Waals surface area contributed by atoms with Crippen LogP contribution in [0.25, 0.3) is 6.08 Å². The summed E-state index contributed by atoms with van der Waals surface area (Å²) in [4.78, 5) is 9.55. The topological polar surface area (TPSA) is 69.2 Å². The van der Waals surface area contributed by atoms with Crippen LogP contribution >= 0.6 is 11.6 Å². The number of halogens is 2. The molecule has 0 spiro atoms. The molecule has 1 aromatic rings. The number of nitrogens with two attached hydrogens (primary N) is 1. The Morgan fingerprint density at radius 1 is 1.60 bits per heavy atom. The van der Waals surface area contributed by atoms with E-state index >= 15 is 0 Å². The molecule has 0 unspecified atom stereocenters. The smallest absolute Gasteiger partial charge is 0.306 e. The molecule has 2 N–H and O–H groups in total. The lowest BCUT2D eigenvalue weighted by molar-refractivity contribution is -0.387. The fourth-order valence-corrected chi connectivity index (χ4v) is 1.24. The number of hydrogen-bond donors (Lipinski definition) is 1. The van der Waals surface area contributed by atoms with Crippen molar-refractivity contribution < 1.29 is 9.31 Å². The molecule has 4 nitrogen and oxygen atoms in total. The van der Waals surface area contributed by atoms with E-state index in [1.165, 1.54) is 6.08 Å². The van der Waals surface area contributed by atoms with Gasteiger partial charge in [-0.2, -0.15) is 4.39 Å². The molecular weight excluding hydrogens is 223 g/mol. The third-order valence-corrected chi connectivity index (χ3v) is 2.02. The van der Waals surface area contributed by atoms with E-state index in [0.29, 0.717) is 5.56 Å². The Bertz CT molecular complexity index is 421. The molecule has 0 aliphatic rings. The molecule has 15 heavy (non-hydrogen) atoms. The quantitative estimate of drug-likeness (QED) is 0.640. The molecule has 0 aromatic heterocycles. The van der Waals surface area contributed by atoms with Gasteiger partial charge < -0.3 is 5.73 Å². The zero-order chi connectivity index (χ0) is 11.4. The first-order valence-corrected chi connectivity index (χ1v) is 4.44. The fourth-order valence-electron chi connectivity index (χ4n) is 1.01. The number of nitrogens with zero attached hydrogens (tertiary/aromatic N) is 1. The molecule has 0 saturated carbocycles. The first-order chi connectivity index (χ1) is 7.06. The van der Waals surface area contributed by atoms with Gasteiger partial charge in [0.2, 0.25) is 5.82 Å². The van der Waals surface area contributed by atoms with Crippen LogP contribution in [0.15, 0.2) is 18.2 Å². The van der Waals surface area contributed by atoms with Gasteiger partial charge in [0.1, 0.15) is 0 Å². The van der Waals surface area contributed by atoms with E-state index in [9.17, 15) is 14.5 Å². The Balaban J connectivity index is 3.19. The predicted octanol–water partition coefficient (Wildman–Crippen LogP) is 2.36. The standard InChI is InChI=1S/C9H8ClFN2O2/c10-7-5-9(13(14)15)8(11)4-6(7)2-1-3-12/h1-2,4-5H,3,12H2. The highest BCUT2D eigenvalue weighted by Crippen LogP contribution is 2.26. The van der Waals surface area contributed by atoms with Crippen molar-refractivity contribution in [1.82, 2.24) is 0 Å². The number of nitro benzene ring substituents is 1. The van der Waals surface area contributed by atoms with E-state index in [0.717, 1.165) is 12.1 Å². The number of nitro groups is 1. The van der Waals surface area contributed by atoms with Gasteiger partial charge in [0.15, 0.2) is 0 Å². The summed E-state index contributed by atoms with van der Waals surface area (Å²) in [5, 5.41) is 10.5. The minimum absolute atomic E-state index is 0.118. The largest absolute Gasteiger partial charge is 0.327 e. The van der Waals surface area contributed by atoms with Crippen LogP contribution in [-0.2, 0) is 0 Å². The van der Waals surface area contributed by atoms with Gasteiger partial charge in [-0.1, -0.05) is 23.8 Å². The van der Waals surface area contributed by atoms with E-state index in [1.807, 2.05) is 0 Å². The average molecular weight is 231 g/mol. The normalized spacial score (nSPS) is 10.9. The predicted molar refractivity (Wildman–Crippen MR) is 56.2 cm³/mol. The zero-order valence-corrected chi connectivity index (χ0v) is 8.37. The minimum Gasteiger partial charge on any atom is -0.327 e. The van der Waals surface area contributed by atoms with Crippen LogP contribution in [0.1, 0.15) is 5.56 Å². The summed E-state index contributed by atoms with van der Waals surface area (Å²) in [7, 11) is 0. The van der Waals surface area contributed by atoms with Crippen LogP contribution in [-0.4, -0.2) is 11.5 Å². The summed E-state index contributed by atoms with van der Waals surface area (Å²) >= 11 is 5.72. The molecule has 0 bridgehead atoms. The minimum atomic E-state index is -0.916. The van der Waals surface area contributed by atoms with Crippen molar-refractivity contribution in [2.45, 2.75) is 0 Å². The van der Waals surface area contributed by atoms with Crippen LogP contribution < -0.4 is 5.73 Å². The van der Waals surface area contributed by atoms with Gasteiger partial charge in [0.25, 0.3) is 0 Å². The maximum atomic E-state index is 13.1. The Morgan fingerprint density at radius 3 is 2.80 bits per heavy atom. The van der Waals surface area contributed by atoms with Crippen LogP contribution in [0.3, 0.4) is 0 Å². The highest BCUT2D eigenvalue weighted by molar-refractivity contribution is 6.32. The van der Waals surface area contributed by atoms with Crippen LogP contribution in [0.2, 0.25) is 5.02 Å². The van der Waals surface area contributed by atoms with E-state index in [-0.39, 0.29) is 11.6 Å². The molecule has 1 rings (SSSR count). The van der Waals surface area contributed by atoms with Crippen molar-refractivity contribution >= 4 is 23.4 Å². The Hall–Kier alpha value is -1.46. The molecule has 0 aliphatic heterocycles. The van der Waals surface area contributed by atoms with E-state index in [1.54, 1.807) is 6.08 Å². The Morgan fingerprint density at radius 2 is 2.27 bits per heavy atom. The van der Waals surface area contributed by atoms with Crippen molar-refractivity contribution in [3.05, 3.63) is 44.7 Å². The second-order valence-electron chi connectivity index (χ2n) is 2.72. The summed E-state index contributed by atoms with van der Waals surface area (Å²) in [6.07, 6.45) is 3.08. The third-order valence-electron chi connectivity index (χ3n) is 1.70. The fraction of sp³-hybridized carbons (Fsp3) is 0.111. The first-order valence-electron chi connectivity index (χ1n) is 4.06. The van der Waals surface area contributed by atoms with Crippen molar-refractivity contribution in [2.24, 2.45) is 5.73 Å². The molecule has 0 amide bonds. The number of rotatable bonds is 3. The van der Waals surface area contributed by atoms with Gasteiger partial charge in [-0.05, 0) is 11.6 Å². The van der Waals surface area contributed by atoms with Crippen LogP contribution in [0, 0.1) is 15.9 Å². The van der Waals surface area contributed by atoms with Crippen molar-refractivity contribution in [3.63, 3.8) is 0 Å². The molecule has 0 atom stereocenters. The van der Waals surface area contributed by atoms with Crippen molar-refractivity contribution in [2.75, 3.05) is 6.54 Å². The highest BCUT2D eigenvalue weighted by Gasteiger charge is 2.16. The number of hydrogen-bond acceptors (Lipinski definition) is 3. The highest BCUT2D eigenvalue weighted by atomic mass is 35.5. The van der Waals surface area contributed by atoms with E-state index < -0.39 is 16.4 Å². The molecule has 0 radical (unpaired) electrons. The molecule has 0 fully saturated rings. The van der Waals surface area contributed by atoms with Gasteiger partial charge in [-0.3, -0.25) is 10.1 Å². The lowest BCUT2D eigenvalue weighted by atomic mass is 10.2. The molecule has 0 heterocycles. The molecule has 0 aliphatic carbocycles.